The highest BCUT2D eigenvalue weighted by Gasteiger charge is 2.37. The average Bonchev–Trinajstić information content (AvgIpc) is 2.95. The van der Waals surface area contributed by atoms with Gasteiger partial charge in [-0.1, -0.05) is 62.9 Å². The number of hydrogen-bond donors (Lipinski definition) is 4. The predicted molar refractivity (Wildman–Crippen MR) is 161 cm³/mol. The number of alkyl carbamates (subject to hydrolysis) is 1. The molecule has 2 aromatic carbocycles. The predicted octanol–water partition coefficient (Wildman–Crippen LogP) is 4.36. The second-order valence-corrected chi connectivity index (χ2v) is 11.3. The van der Waals surface area contributed by atoms with E-state index in [0.29, 0.717) is 12.0 Å². The van der Waals surface area contributed by atoms with E-state index in [1.165, 1.54) is 36.3 Å². The van der Waals surface area contributed by atoms with E-state index in [-0.39, 0.29) is 30.0 Å². The molecule has 4 N–H and O–H groups in total. The molecular weight excluding hydrogens is 554 g/mol. The summed E-state index contributed by atoms with van der Waals surface area (Å²) in [5, 5.41) is 25.7. The Morgan fingerprint density at radius 3 is 2.19 bits per heavy atom. The smallest absolute Gasteiger partial charge is 0.408 e. The first-order valence-corrected chi connectivity index (χ1v) is 14.6. The maximum Gasteiger partial charge on any atom is 0.408 e. The molecule has 236 valence electrons. The molecule has 0 spiro atoms. The number of aromatic hydroxyl groups is 2. The molecular formula is C32H45N3O8. The van der Waals surface area contributed by atoms with E-state index in [4.69, 9.17) is 4.74 Å². The zero-order chi connectivity index (χ0) is 32.0. The SMILES string of the molecule is CCCCCCCN(C(=O)C(Cc1ccc(O)cc1)NC(=O)OC(C)(C)C)C(C(=O)NCC(=O)OC)c1ccccc1O. The van der Waals surface area contributed by atoms with E-state index in [1.54, 1.807) is 45.0 Å². The molecule has 0 saturated heterocycles. The third-order valence-corrected chi connectivity index (χ3v) is 6.58. The Balaban J connectivity index is 2.56. The fourth-order valence-electron chi connectivity index (χ4n) is 4.47. The Kier molecular flexibility index (Phi) is 13.8. The molecule has 2 rings (SSSR count). The number of phenols is 2. The van der Waals surface area contributed by atoms with Crippen LogP contribution in [0.25, 0.3) is 0 Å². The van der Waals surface area contributed by atoms with Crippen molar-refractivity contribution in [2.24, 2.45) is 0 Å². The molecule has 0 bridgehead atoms. The van der Waals surface area contributed by atoms with Gasteiger partial charge in [0.05, 0.1) is 7.11 Å². The van der Waals surface area contributed by atoms with Gasteiger partial charge in [0.2, 0.25) is 11.8 Å². The number of nitrogens with zero attached hydrogens (tertiary/aromatic N) is 1. The molecule has 0 aromatic heterocycles. The minimum absolute atomic E-state index is 0.0297. The van der Waals surface area contributed by atoms with Gasteiger partial charge in [0, 0.05) is 18.5 Å². The fourth-order valence-corrected chi connectivity index (χ4v) is 4.47. The molecule has 2 aromatic rings. The van der Waals surface area contributed by atoms with Crippen LogP contribution in [-0.4, -0.2) is 70.8 Å². The van der Waals surface area contributed by atoms with Gasteiger partial charge < -0.3 is 35.2 Å². The summed E-state index contributed by atoms with van der Waals surface area (Å²) in [5.41, 5.74) is -0.0295. The average molecular weight is 600 g/mol. The lowest BCUT2D eigenvalue weighted by atomic mass is 9.99. The second kappa shape index (κ2) is 17.0. The Morgan fingerprint density at radius 1 is 0.930 bits per heavy atom. The third kappa shape index (κ3) is 11.9. The number of carbonyl (C=O) groups excluding carboxylic acids is 4. The van der Waals surface area contributed by atoms with Crippen LogP contribution in [0, 0.1) is 0 Å². The first-order valence-electron chi connectivity index (χ1n) is 14.6. The molecule has 2 unspecified atom stereocenters. The number of unbranched alkanes of at least 4 members (excludes halogenated alkanes) is 4. The van der Waals surface area contributed by atoms with Crippen molar-refractivity contribution in [2.45, 2.75) is 83.9 Å². The number of methoxy groups -OCH3 is 1. The van der Waals surface area contributed by atoms with Crippen LogP contribution in [0.4, 0.5) is 4.79 Å². The van der Waals surface area contributed by atoms with Crippen LogP contribution >= 0.6 is 0 Å². The summed E-state index contributed by atoms with van der Waals surface area (Å²) in [6, 6.07) is 9.88. The molecule has 0 aliphatic heterocycles. The zero-order valence-corrected chi connectivity index (χ0v) is 25.7. The number of para-hydroxylation sites is 1. The summed E-state index contributed by atoms with van der Waals surface area (Å²) in [6.45, 7) is 6.88. The fraction of sp³-hybridized carbons (Fsp3) is 0.500. The van der Waals surface area contributed by atoms with Crippen molar-refractivity contribution >= 4 is 23.9 Å². The second-order valence-electron chi connectivity index (χ2n) is 11.3. The molecule has 2 atom stereocenters. The molecule has 0 fully saturated rings. The van der Waals surface area contributed by atoms with Crippen LogP contribution in [-0.2, 0) is 30.3 Å². The van der Waals surface area contributed by atoms with Crippen molar-refractivity contribution in [1.82, 2.24) is 15.5 Å². The molecule has 43 heavy (non-hydrogen) atoms. The third-order valence-electron chi connectivity index (χ3n) is 6.58. The lowest BCUT2D eigenvalue weighted by molar-refractivity contribution is -0.144. The zero-order valence-electron chi connectivity index (χ0n) is 25.7. The number of ether oxygens (including phenoxy) is 2. The quantitative estimate of drug-likeness (QED) is 0.174. The molecule has 0 heterocycles. The Bertz CT molecular complexity index is 1210. The minimum Gasteiger partial charge on any atom is -0.508 e. The summed E-state index contributed by atoms with van der Waals surface area (Å²) in [6.07, 6.45) is 3.52. The van der Waals surface area contributed by atoms with Crippen molar-refractivity contribution in [2.75, 3.05) is 20.2 Å². The summed E-state index contributed by atoms with van der Waals surface area (Å²) < 4.78 is 10.1. The van der Waals surface area contributed by atoms with E-state index in [0.717, 1.165) is 25.7 Å². The van der Waals surface area contributed by atoms with Crippen molar-refractivity contribution in [3.05, 3.63) is 59.7 Å². The molecule has 0 saturated carbocycles. The summed E-state index contributed by atoms with van der Waals surface area (Å²) in [4.78, 5) is 54.1. The molecule has 0 aliphatic rings. The van der Waals surface area contributed by atoms with Gasteiger partial charge in [-0.15, -0.1) is 0 Å². The minimum atomic E-state index is -1.33. The van der Waals surface area contributed by atoms with Gasteiger partial charge in [-0.05, 0) is 51.0 Å². The van der Waals surface area contributed by atoms with Crippen LogP contribution in [0.1, 0.15) is 77.0 Å². The first-order chi connectivity index (χ1) is 20.4. The first kappa shape index (κ1) is 34.9. The van der Waals surface area contributed by atoms with Crippen molar-refractivity contribution in [3.8, 4) is 11.5 Å². The monoisotopic (exact) mass is 599 g/mol. The lowest BCUT2D eigenvalue weighted by Gasteiger charge is -2.35. The number of phenolic OH excluding ortho intramolecular Hbond substituents is 2. The molecule has 11 nitrogen and oxygen atoms in total. The van der Waals surface area contributed by atoms with Gasteiger partial charge in [-0.25, -0.2) is 4.79 Å². The van der Waals surface area contributed by atoms with Gasteiger partial charge in [0.25, 0.3) is 0 Å². The van der Waals surface area contributed by atoms with E-state index >= 15 is 0 Å². The Morgan fingerprint density at radius 2 is 1.58 bits per heavy atom. The van der Waals surface area contributed by atoms with Crippen LogP contribution in [0.5, 0.6) is 11.5 Å². The van der Waals surface area contributed by atoms with E-state index < -0.39 is 48.1 Å². The normalized spacial score (nSPS) is 12.5. The highest BCUT2D eigenvalue weighted by molar-refractivity contribution is 5.93. The Hall–Kier alpha value is -4.28. The number of nitrogens with one attached hydrogen (secondary N) is 2. The van der Waals surface area contributed by atoms with E-state index in [1.807, 2.05) is 0 Å². The van der Waals surface area contributed by atoms with Crippen LogP contribution in [0.15, 0.2) is 48.5 Å². The molecule has 11 heteroatoms. The number of amides is 3. The van der Waals surface area contributed by atoms with Gasteiger partial charge in [0.15, 0.2) is 0 Å². The highest BCUT2D eigenvalue weighted by atomic mass is 16.6. The van der Waals surface area contributed by atoms with Crippen molar-refractivity contribution < 1.29 is 38.9 Å². The van der Waals surface area contributed by atoms with Crippen LogP contribution in [0.2, 0.25) is 0 Å². The largest absolute Gasteiger partial charge is 0.508 e. The molecule has 0 aliphatic carbocycles. The number of rotatable bonds is 15. The van der Waals surface area contributed by atoms with E-state index in [9.17, 15) is 29.4 Å². The van der Waals surface area contributed by atoms with Gasteiger partial charge in [-0.2, -0.15) is 0 Å². The highest BCUT2D eigenvalue weighted by Crippen LogP contribution is 2.30. The maximum absolute atomic E-state index is 14.4. The van der Waals surface area contributed by atoms with Crippen LogP contribution < -0.4 is 10.6 Å². The van der Waals surface area contributed by atoms with Gasteiger partial charge >= 0.3 is 12.1 Å². The summed E-state index contributed by atoms with van der Waals surface area (Å²) >= 11 is 0. The number of benzene rings is 2. The van der Waals surface area contributed by atoms with Crippen molar-refractivity contribution in [1.29, 1.82) is 0 Å². The van der Waals surface area contributed by atoms with Gasteiger partial charge in [-0.3, -0.25) is 14.4 Å². The van der Waals surface area contributed by atoms with E-state index in [2.05, 4.69) is 22.3 Å². The van der Waals surface area contributed by atoms with Gasteiger partial charge in [0.1, 0.15) is 35.7 Å². The number of esters is 1. The topological polar surface area (TPSA) is 154 Å². The van der Waals surface area contributed by atoms with Crippen LogP contribution in [0.3, 0.4) is 0 Å². The Labute approximate surface area is 253 Å². The van der Waals surface area contributed by atoms with Crippen molar-refractivity contribution in [3.63, 3.8) is 0 Å². The summed E-state index contributed by atoms with van der Waals surface area (Å²) in [7, 11) is 1.19. The standard InChI is InChI=1S/C32H45N3O8/c1-6-7-8-9-12-19-35(28(24-13-10-11-14-26(24)37)29(39)33-21-27(38)42-5)30(40)25(34-31(41)43-32(2,3)4)20-22-15-17-23(36)18-16-22/h10-11,13-18,25,28,36-37H,6-9,12,19-21H2,1-5H3,(H,33,39)(H,34,41). The number of hydrogen-bond acceptors (Lipinski definition) is 8. The molecule has 0 radical (unpaired) electrons. The molecule has 3 amide bonds. The maximum atomic E-state index is 14.4. The summed E-state index contributed by atoms with van der Waals surface area (Å²) in [5.74, 6) is -2.13. The lowest BCUT2D eigenvalue weighted by Crippen LogP contribution is -2.54. The number of carbonyl (C=O) groups is 4.